The Balaban J connectivity index is 1.78. The molecule has 2 N–H and O–H groups in total. The summed E-state index contributed by atoms with van der Waals surface area (Å²) in [7, 11) is 0. The summed E-state index contributed by atoms with van der Waals surface area (Å²) in [6, 6.07) is 1.83. The Hall–Kier alpha value is -1.78. The molecule has 1 aliphatic carbocycles. The predicted molar refractivity (Wildman–Crippen MR) is 64.5 cm³/mol. The fraction of sp³-hybridized carbons (Fsp3) is 0.538. The van der Waals surface area contributed by atoms with Crippen molar-refractivity contribution >= 4 is 11.8 Å². The first-order valence-corrected chi connectivity index (χ1v) is 6.46. The van der Waals surface area contributed by atoms with Crippen LogP contribution in [0.25, 0.3) is 0 Å². The predicted octanol–water partition coefficient (Wildman–Crippen LogP) is 1.24. The van der Waals surface area contributed by atoms with Crippen LogP contribution in [0.2, 0.25) is 0 Å². The van der Waals surface area contributed by atoms with Crippen LogP contribution in [0.1, 0.15) is 52.4 Å². The maximum absolute atomic E-state index is 11.9. The lowest BCUT2D eigenvalue weighted by Crippen LogP contribution is -2.39. The lowest BCUT2D eigenvalue weighted by atomic mass is 9.93. The van der Waals surface area contributed by atoms with Gasteiger partial charge in [-0.05, 0) is 25.7 Å². The highest BCUT2D eigenvalue weighted by atomic mass is 16.4. The molecule has 1 saturated carbocycles. The summed E-state index contributed by atoms with van der Waals surface area (Å²) in [6.07, 6.45) is 4.78. The molecule has 96 valence electrons. The van der Waals surface area contributed by atoms with Crippen LogP contribution in [-0.2, 0) is 6.42 Å². The molecule has 2 heterocycles. The quantitative estimate of drug-likeness (QED) is 0.827. The second-order valence-corrected chi connectivity index (χ2v) is 4.91. The minimum Gasteiger partial charge on any atom is -0.455 e. The van der Waals surface area contributed by atoms with E-state index in [0.29, 0.717) is 24.3 Å². The lowest BCUT2D eigenvalue weighted by Gasteiger charge is -2.25. The van der Waals surface area contributed by atoms with Crippen molar-refractivity contribution in [3.63, 3.8) is 0 Å². The van der Waals surface area contributed by atoms with Crippen molar-refractivity contribution < 1.29 is 14.0 Å². The lowest BCUT2D eigenvalue weighted by molar-refractivity contribution is 0.0886. The van der Waals surface area contributed by atoms with Crippen LogP contribution in [0, 0.1) is 0 Å². The normalized spacial score (nSPS) is 19.4. The number of carbonyl (C=O) groups excluding carboxylic acids is 2. The first kappa shape index (κ1) is 11.3. The molecule has 5 nitrogen and oxygen atoms in total. The Morgan fingerprint density at radius 3 is 2.94 bits per heavy atom. The molecule has 0 aromatic carbocycles. The maximum Gasteiger partial charge on any atom is 0.287 e. The third-order valence-corrected chi connectivity index (χ3v) is 3.58. The van der Waals surface area contributed by atoms with E-state index in [2.05, 4.69) is 10.6 Å². The van der Waals surface area contributed by atoms with Gasteiger partial charge in [0.05, 0.1) is 5.56 Å². The van der Waals surface area contributed by atoms with Crippen LogP contribution in [0.15, 0.2) is 10.5 Å². The van der Waals surface area contributed by atoms with Crippen LogP contribution >= 0.6 is 0 Å². The number of amides is 2. The summed E-state index contributed by atoms with van der Waals surface area (Å²) in [4.78, 5) is 23.6. The summed E-state index contributed by atoms with van der Waals surface area (Å²) < 4.78 is 5.51. The van der Waals surface area contributed by atoms with E-state index in [-0.39, 0.29) is 23.6 Å². The SMILES string of the molecule is O=C(NC1CCC1)c1cc2c(o1)CCCNC2=O. The van der Waals surface area contributed by atoms with Gasteiger partial charge in [-0.2, -0.15) is 0 Å². The van der Waals surface area contributed by atoms with Gasteiger partial charge in [-0.15, -0.1) is 0 Å². The molecular formula is C13H16N2O3. The van der Waals surface area contributed by atoms with E-state index in [9.17, 15) is 9.59 Å². The van der Waals surface area contributed by atoms with Crippen LogP contribution in [0.5, 0.6) is 0 Å². The Bertz CT molecular complexity index is 488. The van der Waals surface area contributed by atoms with Crippen molar-refractivity contribution in [2.24, 2.45) is 0 Å². The standard InChI is InChI=1S/C13H16N2O3/c16-12-9-7-11(13(17)15-8-3-1-4-8)18-10(9)5-2-6-14-12/h7-8H,1-6H2,(H,14,16)(H,15,17). The second-order valence-electron chi connectivity index (χ2n) is 4.91. The summed E-state index contributed by atoms with van der Waals surface area (Å²) in [5, 5.41) is 5.69. The molecule has 0 atom stereocenters. The molecule has 0 spiro atoms. The number of rotatable bonds is 2. The van der Waals surface area contributed by atoms with Crippen molar-refractivity contribution in [1.82, 2.24) is 10.6 Å². The molecule has 5 heteroatoms. The zero-order chi connectivity index (χ0) is 12.5. The molecule has 1 aliphatic heterocycles. The molecule has 3 rings (SSSR count). The summed E-state index contributed by atoms with van der Waals surface area (Å²) in [6.45, 7) is 0.659. The molecule has 0 bridgehead atoms. The molecule has 18 heavy (non-hydrogen) atoms. The highest BCUT2D eigenvalue weighted by Crippen LogP contribution is 2.22. The van der Waals surface area contributed by atoms with E-state index in [1.165, 1.54) is 6.42 Å². The number of carbonyl (C=O) groups is 2. The third-order valence-electron chi connectivity index (χ3n) is 3.58. The molecular weight excluding hydrogens is 232 g/mol. The molecule has 2 amide bonds. The highest BCUT2D eigenvalue weighted by molar-refractivity contribution is 5.99. The van der Waals surface area contributed by atoms with Gasteiger partial charge >= 0.3 is 0 Å². The average molecular weight is 248 g/mol. The molecule has 1 fully saturated rings. The van der Waals surface area contributed by atoms with Gasteiger partial charge in [0.15, 0.2) is 5.76 Å². The molecule has 0 saturated heterocycles. The Labute approximate surface area is 105 Å². The third kappa shape index (κ3) is 2.00. The van der Waals surface area contributed by atoms with Crippen molar-refractivity contribution in [3.05, 3.63) is 23.2 Å². The molecule has 0 unspecified atom stereocenters. The van der Waals surface area contributed by atoms with E-state index < -0.39 is 0 Å². The van der Waals surface area contributed by atoms with Gasteiger partial charge in [-0.25, -0.2) is 0 Å². The average Bonchev–Trinajstić information content (AvgIpc) is 2.66. The maximum atomic E-state index is 11.9. The zero-order valence-electron chi connectivity index (χ0n) is 10.1. The number of aryl methyl sites for hydroxylation is 1. The van der Waals surface area contributed by atoms with E-state index in [1.54, 1.807) is 6.07 Å². The topological polar surface area (TPSA) is 71.3 Å². The van der Waals surface area contributed by atoms with E-state index in [4.69, 9.17) is 4.42 Å². The van der Waals surface area contributed by atoms with E-state index >= 15 is 0 Å². The summed E-state index contributed by atoms with van der Waals surface area (Å²) in [5.41, 5.74) is 0.506. The van der Waals surface area contributed by atoms with Gasteiger partial charge in [-0.1, -0.05) is 0 Å². The largest absolute Gasteiger partial charge is 0.455 e. The van der Waals surface area contributed by atoms with Gasteiger partial charge in [0.25, 0.3) is 11.8 Å². The first-order valence-electron chi connectivity index (χ1n) is 6.46. The van der Waals surface area contributed by atoms with Crippen molar-refractivity contribution in [3.8, 4) is 0 Å². The zero-order valence-corrected chi connectivity index (χ0v) is 10.1. The second kappa shape index (κ2) is 4.48. The first-order chi connectivity index (χ1) is 8.74. The van der Waals surface area contributed by atoms with Crippen molar-refractivity contribution in [2.45, 2.75) is 38.1 Å². The van der Waals surface area contributed by atoms with E-state index in [1.807, 2.05) is 0 Å². The van der Waals surface area contributed by atoms with Crippen LogP contribution in [0.3, 0.4) is 0 Å². The van der Waals surface area contributed by atoms with Gasteiger partial charge in [0.1, 0.15) is 5.76 Å². The minimum absolute atomic E-state index is 0.144. The fourth-order valence-corrected chi connectivity index (χ4v) is 2.27. The van der Waals surface area contributed by atoms with Crippen LogP contribution in [0.4, 0.5) is 0 Å². The molecule has 1 aromatic heterocycles. The van der Waals surface area contributed by atoms with Gasteiger partial charge in [0, 0.05) is 25.1 Å². The van der Waals surface area contributed by atoms with Crippen molar-refractivity contribution in [2.75, 3.05) is 6.54 Å². The number of hydrogen-bond acceptors (Lipinski definition) is 3. The van der Waals surface area contributed by atoms with Crippen LogP contribution in [-0.4, -0.2) is 24.4 Å². The number of furan rings is 1. The van der Waals surface area contributed by atoms with Gasteiger partial charge < -0.3 is 15.1 Å². The number of nitrogens with one attached hydrogen (secondary N) is 2. The molecule has 2 aliphatic rings. The van der Waals surface area contributed by atoms with Gasteiger partial charge in [-0.3, -0.25) is 9.59 Å². The number of hydrogen-bond donors (Lipinski definition) is 2. The highest BCUT2D eigenvalue weighted by Gasteiger charge is 2.25. The fourth-order valence-electron chi connectivity index (χ4n) is 2.27. The number of fused-ring (bicyclic) bond motifs is 1. The molecule has 1 aromatic rings. The monoisotopic (exact) mass is 248 g/mol. The minimum atomic E-state index is -0.208. The Morgan fingerprint density at radius 2 is 2.22 bits per heavy atom. The molecule has 0 radical (unpaired) electrons. The van der Waals surface area contributed by atoms with Crippen molar-refractivity contribution in [1.29, 1.82) is 0 Å². The smallest absolute Gasteiger partial charge is 0.287 e. The summed E-state index contributed by atoms with van der Waals surface area (Å²) in [5.74, 6) is 0.530. The Morgan fingerprint density at radius 1 is 1.39 bits per heavy atom. The van der Waals surface area contributed by atoms with Crippen LogP contribution < -0.4 is 10.6 Å². The van der Waals surface area contributed by atoms with E-state index in [0.717, 1.165) is 19.3 Å². The Kier molecular flexibility index (Phi) is 2.81. The van der Waals surface area contributed by atoms with Gasteiger partial charge in [0.2, 0.25) is 0 Å². The summed E-state index contributed by atoms with van der Waals surface area (Å²) >= 11 is 0.